The molecule has 0 saturated carbocycles. The second-order valence-corrected chi connectivity index (χ2v) is 7.34. The van der Waals surface area contributed by atoms with Crippen molar-refractivity contribution in [2.45, 2.75) is 6.42 Å². The van der Waals surface area contributed by atoms with Crippen molar-refractivity contribution in [2.75, 3.05) is 27.4 Å². The van der Waals surface area contributed by atoms with E-state index in [1.807, 2.05) is 23.6 Å². The molecule has 3 aromatic rings. The summed E-state index contributed by atoms with van der Waals surface area (Å²) in [7, 11) is 3.19. The third kappa shape index (κ3) is 5.85. The minimum Gasteiger partial charge on any atom is -0.493 e. The van der Waals surface area contributed by atoms with E-state index in [4.69, 9.17) is 25.8 Å². The Morgan fingerprint density at radius 3 is 2.59 bits per heavy atom. The molecule has 1 N–H and O–H groups in total. The van der Waals surface area contributed by atoms with Gasteiger partial charge in [0.05, 0.1) is 32.9 Å². The lowest BCUT2D eigenvalue weighted by molar-refractivity contribution is -0.120. The lowest BCUT2D eigenvalue weighted by Crippen LogP contribution is -2.29. The molecule has 0 spiro atoms. The molecule has 0 radical (unpaired) electrons. The summed E-state index contributed by atoms with van der Waals surface area (Å²) in [6, 6.07) is 12.7. The zero-order chi connectivity index (χ0) is 20.6. The van der Waals surface area contributed by atoms with Crippen LogP contribution in [0.25, 0.3) is 10.6 Å². The van der Waals surface area contributed by atoms with Crippen molar-refractivity contribution in [3.05, 3.63) is 58.6 Å². The zero-order valence-corrected chi connectivity index (χ0v) is 17.7. The van der Waals surface area contributed by atoms with Crippen molar-refractivity contribution in [1.29, 1.82) is 0 Å². The molecule has 0 saturated heterocycles. The Hall–Kier alpha value is -2.77. The lowest BCUT2D eigenvalue weighted by Gasteiger charge is -2.08. The molecule has 0 bridgehead atoms. The molecule has 1 heterocycles. The minimum atomic E-state index is -0.103. The van der Waals surface area contributed by atoms with E-state index in [-0.39, 0.29) is 12.3 Å². The molecule has 0 fully saturated rings. The average Bonchev–Trinajstić information content (AvgIpc) is 3.20. The number of carbonyl (C=O) groups is 1. The van der Waals surface area contributed by atoms with Gasteiger partial charge in [-0.1, -0.05) is 11.6 Å². The second kappa shape index (κ2) is 10.1. The summed E-state index contributed by atoms with van der Waals surface area (Å²) in [6.07, 6.45) is 0.213. The van der Waals surface area contributed by atoms with E-state index in [1.54, 1.807) is 38.5 Å². The first-order valence-corrected chi connectivity index (χ1v) is 10.2. The number of hydrogen-bond donors (Lipinski definition) is 1. The van der Waals surface area contributed by atoms with Crippen LogP contribution >= 0.6 is 22.9 Å². The molecule has 1 amide bonds. The van der Waals surface area contributed by atoms with Gasteiger partial charge in [-0.2, -0.15) is 0 Å². The van der Waals surface area contributed by atoms with Crippen molar-refractivity contribution in [1.82, 2.24) is 10.3 Å². The number of rotatable bonds is 9. The maximum atomic E-state index is 12.1. The fourth-order valence-electron chi connectivity index (χ4n) is 2.61. The van der Waals surface area contributed by atoms with E-state index >= 15 is 0 Å². The van der Waals surface area contributed by atoms with Crippen molar-refractivity contribution in [3.8, 4) is 27.8 Å². The molecule has 29 heavy (non-hydrogen) atoms. The fourth-order valence-corrected chi connectivity index (χ4v) is 3.55. The average molecular weight is 433 g/mol. The van der Waals surface area contributed by atoms with Gasteiger partial charge in [0.2, 0.25) is 5.91 Å². The van der Waals surface area contributed by atoms with E-state index in [2.05, 4.69) is 10.3 Å². The summed E-state index contributed by atoms with van der Waals surface area (Å²) >= 11 is 7.31. The van der Waals surface area contributed by atoms with Crippen molar-refractivity contribution >= 4 is 28.8 Å². The summed E-state index contributed by atoms with van der Waals surface area (Å²) in [5, 5.41) is 6.19. The van der Waals surface area contributed by atoms with Gasteiger partial charge in [0.15, 0.2) is 11.5 Å². The number of nitrogens with zero attached hydrogens (tertiary/aromatic N) is 1. The Labute approximate surface area is 178 Å². The number of carbonyl (C=O) groups excluding carboxylic acids is 1. The van der Waals surface area contributed by atoms with Crippen LogP contribution in [0.4, 0.5) is 0 Å². The predicted molar refractivity (Wildman–Crippen MR) is 114 cm³/mol. The first-order chi connectivity index (χ1) is 14.1. The number of nitrogens with one attached hydrogen (secondary N) is 1. The number of amides is 1. The van der Waals surface area contributed by atoms with Crippen LogP contribution in [0, 0.1) is 0 Å². The molecule has 0 atom stereocenters. The summed E-state index contributed by atoms with van der Waals surface area (Å²) < 4.78 is 16.1. The zero-order valence-electron chi connectivity index (χ0n) is 16.1. The van der Waals surface area contributed by atoms with E-state index in [9.17, 15) is 4.79 Å². The monoisotopic (exact) mass is 432 g/mol. The first kappa shape index (κ1) is 21.0. The predicted octanol–water partition coefficient (Wildman–Crippen LogP) is 4.22. The van der Waals surface area contributed by atoms with Gasteiger partial charge in [0.1, 0.15) is 17.4 Å². The van der Waals surface area contributed by atoms with Crippen LogP contribution in [0.15, 0.2) is 47.8 Å². The Morgan fingerprint density at radius 2 is 1.86 bits per heavy atom. The summed E-state index contributed by atoms with van der Waals surface area (Å²) in [5.41, 5.74) is 1.63. The molecule has 2 aromatic carbocycles. The number of halogens is 1. The third-order valence-electron chi connectivity index (χ3n) is 4.03. The third-order valence-corrected chi connectivity index (χ3v) is 5.22. The molecule has 0 aliphatic heterocycles. The topological polar surface area (TPSA) is 69.7 Å². The van der Waals surface area contributed by atoms with Gasteiger partial charge in [-0.15, -0.1) is 11.3 Å². The molecule has 0 unspecified atom stereocenters. The summed E-state index contributed by atoms with van der Waals surface area (Å²) in [4.78, 5) is 16.7. The van der Waals surface area contributed by atoms with Crippen LogP contribution in [-0.2, 0) is 11.2 Å². The molecular formula is C21H21ClN2O4S. The maximum Gasteiger partial charge on any atom is 0.226 e. The molecule has 1 aromatic heterocycles. The Bertz CT molecular complexity index is 960. The minimum absolute atomic E-state index is 0.103. The Balaban J connectivity index is 1.49. The largest absolute Gasteiger partial charge is 0.493 e. The Kier molecular flexibility index (Phi) is 7.32. The number of benzene rings is 2. The molecule has 3 rings (SSSR count). The van der Waals surface area contributed by atoms with Gasteiger partial charge in [-0.05, 0) is 42.5 Å². The van der Waals surface area contributed by atoms with Gasteiger partial charge < -0.3 is 19.5 Å². The number of hydrogen-bond acceptors (Lipinski definition) is 6. The number of thiazole rings is 1. The van der Waals surface area contributed by atoms with E-state index in [0.717, 1.165) is 16.3 Å². The molecule has 6 nitrogen and oxygen atoms in total. The molecular weight excluding hydrogens is 412 g/mol. The van der Waals surface area contributed by atoms with Gasteiger partial charge >= 0.3 is 0 Å². The normalized spacial score (nSPS) is 10.4. The number of aromatic nitrogens is 1. The SMILES string of the molecule is COc1ccc(-c2nc(CC(=O)NCCOc3ccc(Cl)cc3)cs2)cc1OC. The number of ether oxygens (including phenoxy) is 3. The van der Waals surface area contributed by atoms with Gasteiger partial charge in [-0.3, -0.25) is 4.79 Å². The fraction of sp³-hybridized carbons (Fsp3) is 0.238. The first-order valence-electron chi connectivity index (χ1n) is 8.91. The maximum absolute atomic E-state index is 12.1. The highest BCUT2D eigenvalue weighted by atomic mass is 35.5. The van der Waals surface area contributed by atoms with Gasteiger partial charge in [0, 0.05) is 16.0 Å². The molecule has 0 aliphatic rings. The molecule has 0 aliphatic carbocycles. The second-order valence-electron chi connectivity index (χ2n) is 6.04. The van der Waals surface area contributed by atoms with E-state index in [0.29, 0.717) is 35.4 Å². The summed E-state index contributed by atoms with van der Waals surface area (Å²) in [6.45, 7) is 0.787. The number of methoxy groups -OCH3 is 2. The van der Waals surface area contributed by atoms with Crippen LogP contribution < -0.4 is 19.5 Å². The highest BCUT2D eigenvalue weighted by Crippen LogP contribution is 2.33. The molecule has 8 heteroatoms. The highest BCUT2D eigenvalue weighted by molar-refractivity contribution is 7.13. The van der Waals surface area contributed by atoms with Crippen molar-refractivity contribution in [3.63, 3.8) is 0 Å². The van der Waals surface area contributed by atoms with Crippen LogP contribution in [0.3, 0.4) is 0 Å². The lowest BCUT2D eigenvalue weighted by atomic mass is 10.2. The van der Waals surface area contributed by atoms with Crippen LogP contribution in [0.2, 0.25) is 5.02 Å². The van der Waals surface area contributed by atoms with Crippen LogP contribution in [0.1, 0.15) is 5.69 Å². The van der Waals surface area contributed by atoms with Crippen LogP contribution in [-0.4, -0.2) is 38.3 Å². The standard InChI is InChI=1S/C21H21ClN2O4S/c1-26-18-8-3-14(11-19(18)27-2)21-24-16(13-29-21)12-20(25)23-9-10-28-17-6-4-15(22)5-7-17/h3-8,11,13H,9-10,12H2,1-2H3,(H,23,25). The van der Waals surface area contributed by atoms with Crippen LogP contribution in [0.5, 0.6) is 17.2 Å². The summed E-state index contributed by atoms with van der Waals surface area (Å²) in [5.74, 6) is 1.91. The van der Waals surface area contributed by atoms with Gasteiger partial charge in [-0.25, -0.2) is 4.98 Å². The smallest absolute Gasteiger partial charge is 0.226 e. The molecule has 152 valence electrons. The quantitative estimate of drug-likeness (QED) is 0.513. The van der Waals surface area contributed by atoms with E-state index < -0.39 is 0 Å². The Morgan fingerprint density at radius 1 is 1.10 bits per heavy atom. The van der Waals surface area contributed by atoms with Gasteiger partial charge in [0.25, 0.3) is 0 Å². The van der Waals surface area contributed by atoms with E-state index in [1.165, 1.54) is 11.3 Å². The highest BCUT2D eigenvalue weighted by Gasteiger charge is 2.11. The van der Waals surface area contributed by atoms with Crippen molar-refractivity contribution < 1.29 is 19.0 Å². The van der Waals surface area contributed by atoms with Crippen molar-refractivity contribution in [2.24, 2.45) is 0 Å².